The van der Waals surface area contributed by atoms with Gasteiger partial charge in [0.05, 0.1) is 55.3 Å². The molecule has 0 bridgehead atoms. The lowest BCUT2D eigenvalue weighted by Crippen LogP contribution is -2.41. The average Bonchev–Trinajstić information content (AvgIpc) is 3.41. The first-order chi connectivity index (χ1) is 17.5. The lowest BCUT2D eigenvalue weighted by molar-refractivity contribution is -0.139. The second-order valence-corrected chi connectivity index (χ2v) is 8.51. The van der Waals surface area contributed by atoms with Gasteiger partial charge in [0, 0.05) is 10.9 Å². The first-order valence-electron chi connectivity index (χ1n) is 10.8. The van der Waals surface area contributed by atoms with Crippen molar-refractivity contribution in [2.75, 3.05) is 19.1 Å². The van der Waals surface area contributed by atoms with Crippen LogP contribution in [-0.4, -0.2) is 36.2 Å². The summed E-state index contributed by atoms with van der Waals surface area (Å²) in [5.74, 6) is -2.63. The highest BCUT2D eigenvalue weighted by Gasteiger charge is 2.43. The van der Waals surface area contributed by atoms with Gasteiger partial charge < -0.3 is 20.3 Å². The normalized spacial score (nSPS) is 15.5. The van der Waals surface area contributed by atoms with E-state index in [-0.39, 0.29) is 29.3 Å². The zero-order chi connectivity index (χ0) is 25.8. The van der Waals surface area contributed by atoms with E-state index in [1.54, 1.807) is 60.0 Å². The van der Waals surface area contributed by atoms with E-state index in [9.17, 15) is 20.0 Å². The Bertz CT molecular complexity index is 1420. The number of nitrogens with zero attached hydrogens (tertiary/aromatic N) is 3. The third-order valence-electron chi connectivity index (χ3n) is 5.70. The van der Waals surface area contributed by atoms with Crippen molar-refractivity contribution in [2.24, 2.45) is 5.73 Å². The Balaban J connectivity index is 2.07. The second kappa shape index (κ2) is 10.4. The van der Waals surface area contributed by atoms with E-state index in [1.165, 1.54) is 30.5 Å². The quantitative estimate of drug-likeness (QED) is 0.487. The molecule has 2 heterocycles. The van der Waals surface area contributed by atoms with Crippen LogP contribution < -0.4 is 10.6 Å². The van der Waals surface area contributed by atoms with E-state index >= 15 is 0 Å². The maximum absolute atomic E-state index is 13.3. The monoisotopic (exact) mass is 502 g/mol. The van der Waals surface area contributed by atoms with Crippen molar-refractivity contribution in [3.8, 4) is 16.6 Å². The standard InChI is InChI=1S/C26H22N4O5S/c1-34-25(32)21-20(15-8-4-3-5-9-15)18(12-27)23(28)30(22(21)26(33)35-2)19-11-7-6-10-17(19)24-29-16(13-31)14-36-24/h3-11,14,20,31H,13,28H2,1-2H3. The fourth-order valence-electron chi connectivity index (χ4n) is 4.12. The third-order valence-corrected chi connectivity index (χ3v) is 6.62. The molecular formula is C26H22N4O5S. The van der Waals surface area contributed by atoms with Crippen molar-refractivity contribution in [1.29, 1.82) is 5.26 Å². The smallest absolute Gasteiger partial charge is 0.355 e. The van der Waals surface area contributed by atoms with Crippen LogP contribution >= 0.6 is 11.3 Å². The van der Waals surface area contributed by atoms with Gasteiger partial charge in [0.15, 0.2) is 0 Å². The number of hydrogen-bond acceptors (Lipinski definition) is 10. The van der Waals surface area contributed by atoms with Crippen LogP contribution in [0.5, 0.6) is 0 Å². The third kappa shape index (κ3) is 4.22. The molecule has 3 aromatic rings. The van der Waals surface area contributed by atoms with Crippen molar-refractivity contribution < 1.29 is 24.2 Å². The highest BCUT2D eigenvalue weighted by molar-refractivity contribution is 7.13. The Morgan fingerprint density at radius 2 is 1.78 bits per heavy atom. The van der Waals surface area contributed by atoms with Crippen LogP contribution in [0.25, 0.3) is 10.6 Å². The van der Waals surface area contributed by atoms with Gasteiger partial charge in [0.2, 0.25) is 0 Å². The molecule has 1 aliphatic heterocycles. The number of aliphatic hydroxyl groups excluding tert-OH is 1. The highest BCUT2D eigenvalue weighted by Crippen LogP contribution is 2.45. The molecule has 0 aliphatic carbocycles. The molecule has 36 heavy (non-hydrogen) atoms. The van der Waals surface area contributed by atoms with Gasteiger partial charge in [-0.1, -0.05) is 42.5 Å². The van der Waals surface area contributed by atoms with Crippen LogP contribution in [0.15, 0.2) is 82.6 Å². The number of aromatic nitrogens is 1. The zero-order valence-electron chi connectivity index (χ0n) is 19.5. The summed E-state index contributed by atoms with van der Waals surface area (Å²) in [7, 11) is 2.39. The molecule has 4 rings (SSSR count). The van der Waals surface area contributed by atoms with Crippen LogP contribution in [0.2, 0.25) is 0 Å². The number of hydrogen-bond donors (Lipinski definition) is 2. The van der Waals surface area contributed by atoms with Gasteiger partial charge in [0.25, 0.3) is 0 Å². The summed E-state index contributed by atoms with van der Waals surface area (Å²) < 4.78 is 10.2. The average molecular weight is 503 g/mol. The molecule has 0 saturated carbocycles. The largest absolute Gasteiger partial charge is 0.466 e. The zero-order valence-corrected chi connectivity index (χ0v) is 20.3. The minimum absolute atomic E-state index is 0.0363. The predicted molar refractivity (Wildman–Crippen MR) is 133 cm³/mol. The Kier molecular flexibility index (Phi) is 7.15. The molecule has 182 valence electrons. The number of esters is 2. The summed E-state index contributed by atoms with van der Waals surface area (Å²) in [4.78, 5) is 32.2. The van der Waals surface area contributed by atoms with Gasteiger partial charge in [-0.05, 0) is 17.7 Å². The Morgan fingerprint density at radius 1 is 1.11 bits per heavy atom. The molecule has 10 heteroatoms. The fourth-order valence-corrected chi connectivity index (χ4v) is 4.96. The molecule has 0 spiro atoms. The fraction of sp³-hybridized carbons (Fsp3) is 0.154. The van der Waals surface area contributed by atoms with Crippen molar-refractivity contribution in [2.45, 2.75) is 12.5 Å². The molecule has 0 radical (unpaired) electrons. The molecule has 0 fully saturated rings. The molecule has 0 amide bonds. The van der Waals surface area contributed by atoms with Gasteiger partial charge in [-0.2, -0.15) is 5.26 Å². The van der Waals surface area contributed by atoms with Crippen LogP contribution in [0.1, 0.15) is 17.2 Å². The van der Waals surface area contributed by atoms with Gasteiger partial charge in [-0.25, -0.2) is 14.6 Å². The van der Waals surface area contributed by atoms with Crippen molar-refractivity contribution in [3.05, 3.63) is 93.9 Å². The number of para-hydroxylation sites is 1. The van der Waals surface area contributed by atoms with E-state index < -0.39 is 17.9 Å². The minimum Gasteiger partial charge on any atom is -0.466 e. The molecule has 3 N–H and O–H groups in total. The van der Waals surface area contributed by atoms with E-state index in [4.69, 9.17) is 15.2 Å². The number of anilines is 1. The first-order valence-corrected chi connectivity index (χ1v) is 11.6. The van der Waals surface area contributed by atoms with E-state index in [1.807, 2.05) is 0 Å². The van der Waals surface area contributed by atoms with E-state index in [0.717, 1.165) is 0 Å². The number of carbonyl (C=O) groups excluding carboxylic acids is 2. The lowest BCUT2D eigenvalue weighted by Gasteiger charge is -2.36. The molecule has 0 saturated heterocycles. The molecule has 1 unspecified atom stereocenters. The van der Waals surface area contributed by atoms with Gasteiger partial charge in [0.1, 0.15) is 16.5 Å². The summed E-state index contributed by atoms with van der Waals surface area (Å²) in [6.45, 7) is -0.235. The van der Waals surface area contributed by atoms with Crippen LogP contribution in [0.4, 0.5) is 5.69 Å². The summed E-state index contributed by atoms with van der Waals surface area (Å²) >= 11 is 1.29. The van der Waals surface area contributed by atoms with E-state index in [0.29, 0.717) is 27.5 Å². The number of carbonyl (C=O) groups is 2. The molecule has 1 aromatic heterocycles. The lowest BCUT2D eigenvalue weighted by atomic mass is 9.80. The first kappa shape index (κ1) is 24.7. The number of benzene rings is 2. The number of nitriles is 1. The maximum Gasteiger partial charge on any atom is 0.355 e. The SMILES string of the molecule is COC(=O)C1=C(C(=O)OC)N(c2ccccc2-c2nc(CO)cs2)C(N)=C(C#N)C1c1ccccc1. The maximum atomic E-state index is 13.3. The molecule has 2 aromatic carbocycles. The predicted octanol–water partition coefficient (Wildman–Crippen LogP) is 3.20. The number of nitrogens with two attached hydrogens (primary N) is 1. The summed E-state index contributed by atoms with van der Waals surface area (Å²) in [6.07, 6.45) is 0. The Labute approximate surface area is 211 Å². The highest BCUT2D eigenvalue weighted by atomic mass is 32.1. The second-order valence-electron chi connectivity index (χ2n) is 7.65. The van der Waals surface area contributed by atoms with Crippen molar-refractivity contribution in [3.63, 3.8) is 0 Å². The number of rotatable bonds is 6. The molecular weight excluding hydrogens is 480 g/mol. The summed E-state index contributed by atoms with van der Waals surface area (Å²) in [5, 5.41) is 21.9. The topological polar surface area (TPSA) is 139 Å². The number of methoxy groups -OCH3 is 2. The summed E-state index contributed by atoms with van der Waals surface area (Å²) in [6, 6.07) is 17.9. The van der Waals surface area contributed by atoms with Gasteiger partial charge in [-0.15, -0.1) is 11.3 Å². The molecule has 1 atom stereocenters. The van der Waals surface area contributed by atoms with Crippen molar-refractivity contribution in [1.82, 2.24) is 4.98 Å². The number of thiazole rings is 1. The van der Waals surface area contributed by atoms with Crippen LogP contribution in [0.3, 0.4) is 0 Å². The number of ether oxygens (including phenoxy) is 2. The van der Waals surface area contributed by atoms with Gasteiger partial charge >= 0.3 is 11.9 Å². The van der Waals surface area contributed by atoms with Crippen LogP contribution in [0, 0.1) is 11.3 Å². The van der Waals surface area contributed by atoms with Crippen molar-refractivity contribution >= 4 is 29.0 Å². The van der Waals surface area contributed by atoms with E-state index in [2.05, 4.69) is 11.1 Å². The summed E-state index contributed by atoms with van der Waals surface area (Å²) in [5.41, 5.74) is 8.45. The van der Waals surface area contributed by atoms with Crippen LogP contribution in [-0.2, 0) is 25.7 Å². The number of allylic oxidation sites excluding steroid dienone is 1. The number of aliphatic hydroxyl groups is 1. The Hall–Kier alpha value is -4.46. The molecule has 9 nitrogen and oxygen atoms in total. The minimum atomic E-state index is -0.956. The van der Waals surface area contributed by atoms with Gasteiger partial charge in [-0.3, -0.25) is 4.90 Å². The molecule has 1 aliphatic rings. The Morgan fingerprint density at radius 3 is 2.39 bits per heavy atom.